The van der Waals surface area contributed by atoms with Gasteiger partial charge in [-0.2, -0.15) is 0 Å². The molecule has 21 heavy (non-hydrogen) atoms. The lowest BCUT2D eigenvalue weighted by molar-refractivity contribution is 0.0697. The Balaban J connectivity index is 2.63. The zero-order valence-corrected chi connectivity index (χ0v) is 13.1. The standard InChI is InChI=1S/C14H20ClN3O3/c1-17(2)5-4-6-18(3)14(21)16-12-8-10(13(19)20)7-11(15)9-12/h7-9H,4-6H2,1-3H3,(H,16,21)(H,19,20). The van der Waals surface area contributed by atoms with Gasteiger partial charge < -0.3 is 20.2 Å². The molecule has 6 nitrogen and oxygen atoms in total. The number of aromatic carboxylic acids is 1. The second kappa shape index (κ2) is 7.85. The molecule has 1 aromatic carbocycles. The number of hydrogen-bond donors (Lipinski definition) is 2. The molecule has 0 fully saturated rings. The van der Waals surface area contributed by atoms with E-state index in [4.69, 9.17) is 16.7 Å². The molecule has 0 spiro atoms. The van der Waals surface area contributed by atoms with Crippen molar-refractivity contribution in [3.63, 3.8) is 0 Å². The van der Waals surface area contributed by atoms with E-state index in [9.17, 15) is 9.59 Å². The molecule has 0 heterocycles. The highest BCUT2D eigenvalue weighted by molar-refractivity contribution is 6.31. The molecule has 0 saturated carbocycles. The second-order valence-corrected chi connectivity index (χ2v) is 5.48. The minimum atomic E-state index is -1.09. The Kier molecular flexibility index (Phi) is 6.45. The van der Waals surface area contributed by atoms with Crippen LogP contribution in [0.1, 0.15) is 16.8 Å². The van der Waals surface area contributed by atoms with Crippen molar-refractivity contribution in [3.8, 4) is 0 Å². The van der Waals surface area contributed by atoms with Crippen LogP contribution in [0, 0.1) is 0 Å². The molecule has 0 aromatic heterocycles. The van der Waals surface area contributed by atoms with Gasteiger partial charge in [0.15, 0.2) is 0 Å². The summed E-state index contributed by atoms with van der Waals surface area (Å²) in [6.45, 7) is 1.49. The van der Waals surface area contributed by atoms with E-state index < -0.39 is 5.97 Å². The molecule has 0 unspecified atom stereocenters. The van der Waals surface area contributed by atoms with E-state index in [1.165, 1.54) is 18.2 Å². The van der Waals surface area contributed by atoms with Crippen molar-refractivity contribution in [2.75, 3.05) is 39.5 Å². The predicted octanol–water partition coefficient (Wildman–Crippen LogP) is 2.45. The molecule has 7 heteroatoms. The molecule has 0 aliphatic carbocycles. The molecular formula is C14H20ClN3O3. The molecule has 0 atom stereocenters. The topological polar surface area (TPSA) is 72.9 Å². The number of nitrogens with zero attached hydrogens (tertiary/aromatic N) is 2. The van der Waals surface area contributed by atoms with E-state index in [2.05, 4.69) is 5.32 Å². The average molecular weight is 314 g/mol. The number of hydrogen-bond acceptors (Lipinski definition) is 3. The highest BCUT2D eigenvalue weighted by Gasteiger charge is 2.11. The number of carboxylic acid groups (broad SMARTS) is 1. The van der Waals surface area contributed by atoms with Crippen LogP contribution in [0.2, 0.25) is 5.02 Å². The van der Waals surface area contributed by atoms with E-state index in [0.29, 0.717) is 12.2 Å². The maximum Gasteiger partial charge on any atom is 0.335 e. The van der Waals surface area contributed by atoms with Gasteiger partial charge in [-0.1, -0.05) is 11.6 Å². The van der Waals surface area contributed by atoms with Crippen LogP contribution in [-0.4, -0.2) is 61.1 Å². The van der Waals surface area contributed by atoms with Gasteiger partial charge in [0, 0.05) is 24.3 Å². The van der Waals surface area contributed by atoms with Gasteiger partial charge in [0.25, 0.3) is 0 Å². The Morgan fingerprint density at radius 2 is 1.86 bits per heavy atom. The molecule has 1 rings (SSSR count). The second-order valence-electron chi connectivity index (χ2n) is 5.04. The molecule has 0 aliphatic rings. The largest absolute Gasteiger partial charge is 0.478 e. The molecular weight excluding hydrogens is 294 g/mol. The van der Waals surface area contributed by atoms with E-state index >= 15 is 0 Å². The fourth-order valence-electron chi connectivity index (χ4n) is 1.73. The SMILES string of the molecule is CN(C)CCCN(C)C(=O)Nc1cc(Cl)cc(C(=O)O)c1. The maximum atomic E-state index is 12.0. The molecule has 0 saturated heterocycles. The fraction of sp³-hybridized carbons (Fsp3) is 0.429. The van der Waals surface area contributed by atoms with Crippen LogP contribution in [0.5, 0.6) is 0 Å². The molecule has 1 aromatic rings. The lowest BCUT2D eigenvalue weighted by Gasteiger charge is -2.19. The van der Waals surface area contributed by atoms with Crippen molar-refractivity contribution in [3.05, 3.63) is 28.8 Å². The van der Waals surface area contributed by atoms with Crippen molar-refractivity contribution in [2.24, 2.45) is 0 Å². The smallest absolute Gasteiger partial charge is 0.335 e. The van der Waals surface area contributed by atoms with E-state index in [1.807, 2.05) is 19.0 Å². The molecule has 0 bridgehead atoms. The van der Waals surface area contributed by atoms with Crippen LogP contribution in [0.25, 0.3) is 0 Å². The first-order valence-electron chi connectivity index (χ1n) is 6.50. The minimum Gasteiger partial charge on any atom is -0.478 e. The van der Waals surface area contributed by atoms with Gasteiger partial charge in [-0.3, -0.25) is 0 Å². The van der Waals surface area contributed by atoms with Crippen molar-refractivity contribution in [1.82, 2.24) is 9.80 Å². The summed E-state index contributed by atoms with van der Waals surface area (Å²) < 4.78 is 0. The number of amides is 2. The van der Waals surface area contributed by atoms with Crippen LogP contribution in [0.4, 0.5) is 10.5 Å². The number of halogens is 1. The zero-order valence-electron chi connectivity index (χ0n) is 12.4. The monoisotopic (exact) mass is 313 g/mol. The number of urea groups is 1. The van der Waals surface area contributed by atoms with Gasteiger partial charge in [-0.15, -0.1) is 0 Å². The summed E-state index contributed by atoms with van der Waals surface area (Å²) in [5.74, 6) is -1.09. The lowest BCUT2D eigenvalue weighted by Crippen LogP contribution is -2.33. The predicted molar refractivity (Wildman–Crippen MR) is 83.2 cm³/mol. The number of carboxylic acids is 1. The quantitative estimate of drug-likeness (QED) is 0.846. The summed E-state index contributed by atoms with van der Waals surface area (Å²) in [6, 6.07) is 3.92. The Morgan fingerprint density at radius 1 is 1.19 bits per heavy atom. The summed E-state index contributed by atoms with van der Waals surface area (Å²) >= 11 is 5.84. The Bertz CT molecular complexity index is 520. The normalized spacial score (nSPS) is 10.5. The van der Waals surface area contributed by atoms with Crippen LogP contribution < -0.4 is 5.32 Å². The van der Waals surface area contributed by atoms with Gasteiger partial charge >= 0.3 is 12.0 Å². The highest BCUT2D eigenvalue weighted by atomic mass is 35.5. The van der Waals surface area contributed by atoms with Crippen LogP contribution in [0.3, 0.4) is 0 Å². The third-order valence-corrected chi connectivity index (χ3v) is 3.06. The van der Waals surface area contributed by atoms with Gasteiger partial charge in [0.1, 0.15) is 0 Å². The first-order valence-corrected chi connectivity index (χ1v) is 6.88. The first kappa shape index (κ1) is 17.3. The molecule has 2 N–H and O–H groups in total. The number of anilines is 1. The molecule has 0 aliphatic heterocycles. The maximum absolute atomic E-state index is 12.0. The Hall–Kier alpha value is -1.79. The zero-order chi connectivity index (χ0) is 16.0. The first-order chi connectivity index (χ1) is 9.79. The number of carbonyl (C=O) groups is 2. The molecule has 0 radical (unpaired) electrons. The number of nitrogens with one attached hydrogen (secondary N) is 1. The van der Waals surface area contributed by atoms with Gasteiger partial charge in [-0.05, 0) is 45.3 Å². The summed E-state index contributed by atoms with van der Waals surface area (Å²) in [7, 11) is 5.63. The average Bonchev–Trinajstić information content (AvgIpc) is 2.37. The van der Waals surface area contributed by atoms with E-state index in [0.717, 1.165) is 13.0 Å². The summed E-state index contributed by atoms with van der Waals surface area (Å²) in [5.41, 5.74) is 0.400. The summed E-state index contributed by atoms with van der Waals surface area (Å²) in [6.07, 6.45) is 0.854. The number of benzene rings is 1. The fourth-order valence-corrected chi connectivity index (χ4v) is 1.96. The number of rotatable bonds is 6. The number of carbonyl (C=O) groups excluding carboxylic acids is 1. The third-order valence-electron chi connectivity index (χ3n) is 2.84. The van der Waals surface area contributed by atoms with Gasteiger partial charge in [0.2, 0.25) is 0 Å². The van der Waals surface area contributed by atoms with Gasteiger partial charge in [0.05, 0.1) is 5.56 Å². The van der Waals surface area contributed by atoms with Crippen molar-refractivity contribution in [1.29, 1.82) is 0 Å². The Morgan fingerprint density at radius 3 is 2.43 bits per heavy atom. The summed E-state index contributed by atoms with van der Waals surface area (Å²) in [5, 5.41) is 11.9. The van der Waals surface area contributed by atoms with Crippen molar-refractivity contribution in [2.45, 2.75) is 6.42 Å². The van der Waals surface area contributed by atoms with Gasteiger partial charge in [-0.25, -0.2) is 9.59 Å². The van der Waals surface area contributed by atoms with E-state index in [1.54, 1.807) is 11.9 Å². The molecule has 2 amide bonds. The third kappa shape index (κ3) is 6.01. The highest BCUT2D eigenvalue weighted by Crippen LogP contribution is 2.19. The lowest BCUT2D eigenvalue weighted by atomic mass is 10.2. The van der Waals surface area contributed by atoms with Crippen LogP contribution in [0.15, 0.2) is 18.2 Å². The summed E-state index contributed by atoms with van der Waals surface area (Å²) in [4.78, 5) is 26.5. The van der Waals surface area contributed by atoms with Crippen molar-refractivity contribution >= 4 is 29.3 Å². The Labute approximate surface area is 129 Å². The van der Waals surface area contributed by atoms with E-state index in [-0.39, 0.29) is 16.6 Å². The molecule has 116 valence electrons. The minimum absolute atomic E-state index is 0.0352. The van der Waals surface area contributed by atoms with Crippen molar-refractivity contribution < 1.29 is 14.7 Å². The van der Waals surface area contributed by atoms with Crippen LogP contribution >= 0.6 is 11.6 Å². The van der Waals surface area contributed by atoms with Crippen LogP contribution in [-0.2, 0) is 0 Å².